The summed E-state index contributed by atoms with van der Waals surface area (Å²) in [5.74, 6) is 0.706. The summed E-state index contributed by atoms with van der Waals surface area (Å²) in [6.45, 7) is 6.84. The van der Waals surface area contributed by atoms with Gasteiger partial charge in [0, 0.05) is 12.2 Å². The minimum Gasteiger partial charge on any atom is -0.369 e. The Kier molecular flexibility index (Phi) is 3.47. The average molecular weight is 189 g/mol. The Balaban J connectivity index is 3.19. The summed E-state index contributed by atoms with van der Waals surface area (Å²) in [4.78, 5) is 4.42. The lowest BCUT2D eigenvalue weighted by Crippen LogP contribution is -2.05. The van der Waals surface area contributed by atoms with Crippen molar-refractivity contribution in [2.24, 2.45) is 0 Å². The molecule has 0 aliphatic heterocycles. The Bertz CT molecular complexity index is 364. The molecule has 1 aromatic heterocycles. The van der Waals surface area contributed by atoms with Crippen LogP contribution in [0.2, 0.25) is 0 Å². The second kappa shape index (κ2) is 4.61. The summed E-state index contributed by atoms with van der Waals surface area (Å²) >= 11 is 0. The fourth-order valence-corrected chi connectivity index (χ4v) is 1.40. The van der Waals surface area contributed by atoms with Gasteiger partial charge in [0.15, 0.2) is 0 Å². The number of anilines is 1. The zero-order valence-electron chi connectivity index (χ0n) is 8.89. The molecule has 0 aliphatic rings. The number of aromatic nitrogens is 1. The summed E-state index contributed by atoms with van der Waals surface area (Å²) in [7, 11) is 0. The molecule has 0 amide bonds. The van der Waals surface area contributed by atoms with E-state index >= 15 is 0 Å². The summed E-state index contributed by atoms with van der Waals surface area (Å²) < 4.78 is 0. The molecule has 0 spiro atoms. The molecule has 0 fully saturated rings. The summed E-state index contributed by atoms with van der Waals surface area (Å²) in [5, 5.41) is 12.0. The van der Waals surface area contributed by atoms with Crippen LogP contribution in [0.25, 0.3) is 0 Å². The van der Waals surface area contributed by atoms with E-state index < -0.39 is 0 Å². The van der Waals surface area contributed by atoms with Crippen LogP contribution in [0.1, 0.15) is 30.7 Å². The maximum absolute atomic E-state index is 8.90. The monoisotopic (exact) mass is 189 g/mol. The molecule has 0 atom stereocenters. The molecule has 0 unspecified atom stereocenters. The highest BCUT2D eigenvalue weighted by Gasteiger charge is 2.06. The first-order chi connectivity index (χ1) is 6.72. The van der Waals surface area contributed by atoms with Gasteiger partial charge in [0.1, 0.15) is 11.9 Å². The predicted octanol–water partition coefficient (Wildman–Crippen LogP) is 2.26. The van der Waals surface area contributed by atoms with Crippen molar-refractivity contribution >= 4 is 5.82 Å². The Morgan fingerprint density at radius 2 is 2.21 bits per heavy atom. The van der Waals surface area contributed by atoms with Crippen LogP contribution < -0.4 is 5.32 Å². The van der Waals surface area contributed by atoms with Crippen molar-refractivity contribution in [1.29, 1.82) is 5.26 Å². The van der Waals surface area contributed by atoms with Crippen molar-refractivity contribution in [1.82, 2.24) is 4.98 Å². The molecular formula is C11H15N3. The molecular weight excluding hydrogens is 174 g/mol. The van der Waals surface area contributed by atoms with Crippen LogP contribution in [-0.4, -0.2) is 11.5 Å². The first-order valence-corrected chi connectivity index (χ1v) is 4.87. The van der Waals surface area contributed by atoms with Crippen molar-refractivity contribution in [2.45, 2.75) is 27.2 Å². The maximum Gasteiger partial charge on any atom is 0.144 e. The van der Waals surface area contributed by atoms with E-state index in [0.717, 1.165) is 24.2 Å². The zero-order valence-corrected chi connectivity index (χ0v) is 8.89. The molecule has 74 valence electrons. The maximum atomic E-state index is 8.90. The van der Waals surface area contributed by atoms with E-state index in [4.69, 9.17) is 5.26 Å². The number of nitrogens with one attached hydrogen (secondary N) is 1. The van der Waals surface area contributed by atoms with E-state index in [-0.39, 0.29) is 0 Å². The summed E-state index contributed by atoms with van der Waals surface area (Å²) in [5.41, 5.74) is 2.77. The third-order valence-corrected chi connectivity index (χ3v) is 2.12. The van der Waals surface area contributed by atoms with Gasteiger partial charge in [-0.3, -0.25) is 0 Å². The molecule has 1 aromatic rings. The second-order valence-corrected chi connectivity index (χ2v) is 3.14. The van der Waals surface area contributed by atoms with Crippen molar-refractivity contribution < 1.29 is 0 Å². The molecule has 1 rings (SSSR count). The minimum atomic E-state index is 0.626. The van der Waals surface area contributed by atoms with Crippen molar-refractivity contribution in [3.8, 4) is 6.07 Å². The Morgan fingerprint density at radius 3 is 2.71 bits per heavy atom. The minimum absolute atomic E-state index is 0.626. The van der Waals surface area contributed by atoms with Gasteiger partial charge in [-0.15, -0.1) is 0 Å². The Labute approximate surface area is 84.8 Å². The standard InChI is InChI=1S/C11H15N3/c1-4-10-8(3)6-9(7-12)11(14-10)13-5-2/h6H,4-5H2,1-3H3,(H,13,14). The van der Waals surface area contributed by atoms with Gasteiger partial charge in [0.05, 0.1) is 5.56 Å². The van der Waals surface area contributed by atoms with Gasteiger partial charge in [0.25, 0.3) is 0 Å². The van der Waals surface area contributed by atoms with Crippen LogP contribution >= 0.6 is 0 Å². The molecule has 1 heterocycles. The smallest absolute Gasteiger partial charge is 0.144 e. The summed E-state index contributed by atoms with van der Waals surface area (Å²) in [6.07, 6.45) is 0.899. The van der Waals surface area contributed by atoms with E-state index in [9.17, 15) is 0 Å². The molecule has 3 nitrogen and oxygen atoms in total. The van der Waals surface area contributed by atoms with Crippen LogP contribution in [0, 0.1) is 18.3 Å². The first-order valence-electron chi connectivity index (χ1n) is 4.87. The normalized spacial score (nSPS) is 9.57. The number of nitriles is 1. The molecule has 0 saturated heterocycles. The highest BCUT2D eigenvalue weighted by molar-refractivity contribution is 5.54. The highest BCUT2D eigenvalue weighted by atomic mass is 15.0. The SMILES string of the molecule is CCNc1nc(CC)c(C)cc1C#N. The number of nitrogens with zero attached hydrogens (tertiary/aromatic N) is 2. The van der Waals surface area contributed by atoms with E-state index in [2.05, 4.69) is 23.3 Å². The molecule has 0 bridgehead atoms. The molecule has 0 radical (unpaired) electrons. The molecule has 0 saturated carbocycles. The van der Waals surface area contributed by atoms with Gasteiger partial charge in [-0.25, -0.2) is 4.98 Å². The number of pyridine rings is 1. The third-order valence-electron chi connectivity index (χ3n) is 2.12. The van der Waals surface area contributed by atoms with E-state index in [0.29, 0.717) is 11.4 Å². The Hall–Kier alpha value is -1.56. The van der Waals surface area contributed by atoms with Crippen LogP contribution in [0.5, 0.6) is 0 Å². The second-order valence-electron chi connectivity index (χ2n) is 3.14. The molecule has 3 heteroatoms. The van der Waals surface area contributed by atoms with Gasteiger partial charge in [0.2, 0.25) is 0 Å². The molecule has 0 aliphatic carbocycles. The van der Waals surface area contributed by atoms with Crippen molar-refractivity contribution in [2.75, 3.05) is 11.9 Å². The van der Waals surface area contributed by atoms with Crippen LogP contribution in [0.15, 0.2) is 6.07 Å². The van der Waals surface area contributed by atoms with Crippen molar-refractivity contribution in [3.05, 3.63) is 22.9 Å². The topological polar surface area (TPSA) is 48.7 Å². The number of aryl methyl sites for hydroxylation is 2. The summed E-state index contributed by atoms with van der Waals surface area (Å²) in [6, 6.07) is 4.04. The molecule has 0 aromatic carbocycles. The van der Waals surface area contributed by atoms with E-state index in [1.165, 1.54) is 0 Å². The lowest BCUT2D eigenvalue weighted by atomic mass is 10.1. The number of rotatable bonds is 3. The predicted molar refractivity (Wildman–Crippen MR) is 57.2 cm³/mol. The Morgan fingerprint density at radius 1 is 1.50 bits per heavy atom. The largest absolute Gasteiger partial charge is 0.369 e. The van der Waals surface area contributed by atoms with Gasteiger partial charge in [-0.2, -0.15) is 5.26 Å². The molecule has 1 N–H and O–H groups in total. The van der Waals surface area contributed by atoms with Gasteiger partial charge < -0.3 is 5.32 Å². The van der Waals surface area contributed by atoms with Gasteiger partial charge in [-0.05, 0) is 31.9 Å². The first kappa shape index (κ1) is 10.5. The quantitative estimate of drug-likeness (QED) is 0.793. The van der Waals surface area contributed by atoms with E-state index in [1.54, 1.807) is 0 Å². The third kappa shape index (κ3) is 2.02. The molecule has 14 heavy (non-hydrogen) atoms. The zero-order chi connectivity index (χ0) is 10.6. The fraction of sp³-hybridized carbons (Fsp3) is 0.455. The van der Waals surface area contributed by atoms with Crippen LogP contribution in [0.3, 0.4) is 0 Å². The number of hydrogen-bond donors (Lipinski definition) is 1. The van der Waals surface area contributed by atoms with Gasteiger partial charge in [-0.1, -0.05) is 6.92 Å². The lowest BCUT2D eigenvalue weighted by molar-refractivity contribution is 0.996. The van der Waals surface area contributed by atoms with Crippen LogP contribution in [-0.2, 0) is 6.42 Å². The van der Waals surface area contributed by atoms with Crippen molar-refractivity contribution in [3.63, 3.8) is 0 Å². The lowest BCUT2D eigenvalue weighted by Gasteiger charge is -2.09. The number of hydrogen-bond acceptors (Lipinski definition) is 3. The fourth-order valence-electron chi connectivity index (χ4n) is 1.40. The van der Waals surface area contributed by atoms with Gasteiger partial charge >= 0.3 is 0 Å². The highest BCUT2D eigenvalue weighted by Crippen LogP contribution is 2.16. The average Bonchev–Trinajstić information content (AvgIpc) is 2.20. The van der Waals surface area contributed by atoms with Crippen LogP contribution in [0.4, 0.5) is 5.82 Å². The van der Waals surface area contributed by atoms with E-state index in [1.807, 2.05) is 19.9 Å².